The van der Waals surface area contributed by atoms with E-state index in [2.05, 4.69) is 22.1 Å². The lowest BCUT2D eigenvalue weighted by Gasteiger charge is -2.42. The third-order valence-corrected chi connectivity index (χ3v) is 16.1. The number of hydrogen-bond donors (Lipinski definition) is 6. The molecule has 0 aliphatic carbocycles. The predicted molar refractivity (Wildman–Crippen MR) is 301 cm³/mol. The predicted octanol–water partition coefficient (Wildman–Crippen LogP) is 2.57. The van der Waals surface area contributed by atoms with Crippen LogP contribution in [0.15, 0.2) is 66.3 Å². The highest BCUT2D eigenvalue weighted by molar-refractivity contribution is 6.34. The molecular formula is C57H80ClN9O14. The SMILES string of the molecule is CNN(C)Cc1cc2ccccc2n1CCC(=O)NCC(=O)N(CCO)CC(=O)N(CCO)CCC(=O)N(C)[C@@H](C)C(=O)O[C@H]1CC(=O)N(C)c2cc(cc(C)c2Cl)C/C(C)=C/C=C/[C@@H](OC)[C@@]2(O)C[C@H](OC(=O)N2)[C@@H](C)C2OC21C. The number of nitrogens with zero attached hydrogens (tertiary/aromatic N) is 6. The van der Waals surface area contributed by atoms with Gasteiger partial charge in [0.25, 0.3) is 0 Å². The van der Waals surface area contributed by atoms with E-state index in [9.17, 15) is 48.9 Å². The number of hydrogen-bond acceptors (Lipinski definition) is 16. The number of epoxide rings is 1. The maximum Gasteiger partial charge on any atom is 0.409 e. The average Bonchev–Trinajstić information content (AvgIpc) is 3.55. The zero-order chi connectivity index (χ0) is 59.5. The first kappa shape index (κ1) is 63.7. The van der Waals surface area contributed by atoms with Crippen molar-refractivity contribution in [1.82, 2.24) is 40.3 Å². The van der Waals surface area contributed by atoms with Gasteiger partial charge in [0, 0.05) is 90.8 Å². The van der Waals surface area contributed by atoms with Gasteiger partial charge in [-0.2, -0.15) is 0 Å². The van der Waals surface area contributed by atoms with Crippen LogP contribution < -0.4 is 21.0 Å². The number of aryl methyl sites for hydroxylation is 2. The Kier molecular flexibility index (Phi) is 22.1. The number of nitrogens with one attached hydrogen (secondary N) is 3. The number of rotatable bonds is 21. The second-order valence-corrected chi connectivity index (χ2v) is 21.7. The number of aliphatic hydroxyl groups excluding tert-OH is 2. The minimum atomic E-state index is -1.90. The lowest BCUT2D eigenvalue weighted by atomic mass is 9.83. The van der Waals surface area contributed by atoms with Gasteiger partial charge in [0.15, 0.2) is 5.72 Å². The largest absolute Gasteiger partial charge is 0.457 e. The smallest absolute Gasteiger partial charge is 0.409 e. The number of ether oxygens (including phenoxy) is 4. The number of amides is 6. The van der Waals surface area contributed by atoms with Gasteiger partial charge in [-0.05, 0) is 75.9 Å². The monoisotopic (exact) mass is 1150 g/mol. The highest BCUT2D eigenvalue weighted by atomic mass is 35.5. The molecule has 6 rings (SSSR count). The second kappa shape index (κ2) is 28.0. The normalized spacial score (nSPS) is 24.5. The maximum absolute atomic E-state index is 14.4. The first-order chi connectivity index (χ1) is 38.4. The Morgan fingerprint density at radius 1 is 0.988 bits per heavy atom. The summed E-state index contributed by atoms with van der Waals surface area (Å²) >= 11 is 6.84. The van der Waals surface area contributed by atoms with E-state index in [4.69, 9.17) is 30.5 Å². The van der Waals surface area contributed by atoms with Gasteiger partial charge in [-0.15, -0.1) is 0 Å². The first-order valence-corrected chi connectivity index (χ1v) is 27.5. The average molecular weight is 1150 g/mol. The molecule has 24 heteroatoms. The summed E-state index contributed by atoms with van der Waals surface area (Å²) in [5.41, 5.74) is 4.68. The Bertz CT molecular complexity index is 2850. The fourth-order valence-corrected chi connectivity index (χ4v) is 10.6. The van der Waals surface area contributed by atoms with E-state index < -0.39 is 122 Å². The molecule has 3 aliphatic heterocycles. The Hall–Kier alpha value is -6.44. The Labute approximate surface area is 478 Å². The molecule has 3 aliphatic rings. The third-order valence-electron chi connectivity index (χ3n) is 15.6. The number of anilines is 1. The molecule has 0 saturated carbocycles. The minimum absolute atomic E-state index is 0.0542. The highest BCUT2D eigenvalue weighted by Gasteiger charge is 2.64. The van der Waals surface area contributed by atoms with Crippen LogP contribution in [0, 0.1) is 12.8 Å². The molecule has 2 aromatic carbocycles. The summed E-state index contributed by atoms with van der Waals surface area (Å²) in [7, 11) is 8.06. The molecule has 2 fully saturated rings. The third kappa shape index (κ3) is 15.8. The molecule has 0 radical (unpaired) electrons. The van der Waals surface area contributed by atoms with Crippen molar-refractivity contribution in [2.24, 2.45) is 5.92 Å². The number of aliphatic hydroxyl groups is 3. The van der Waals surface area contributed by atoms with Crippen LogP contribution in [0.25, 0.3) is 10.9 Å². The van der Waals surface area contributed by atoms with Crippen molar-refractivity contribution in [3.8, 4) is 0 Å². The molecule has 1 aromatic heterocycles. The fraction of sp³-hybridized carbons (Fsp3) is 0.561. The van der Waals surface area contributed by atoms with Crippen LogP contribution in [-0.2, 0) is 67.2 Å². The van der Waals surface area contributed by atoms with E-state index in [1.165, 1.54) is 30.9 Å². The summed E-state index contributed by atoms with van der Waals surface area (Å²) < 4.78 is 25.9. The van der Waals surface area contributed by atoms with Crippen LogP contribution in [0.5, 0.6) is 0 Å². The quantitative estimate of drug-likeness (QED) is 0.0508. The van der Waals surface area contributed by atoms with Gasteiger partial charge < -0.3 is 63.8 Å². The number of carbonyl (C=O) groups is 7. The van der Waals surface area contributed by atoms with E-state index in [1.54, 1.807) is 39.1 Å². The van der Waals surface area contributed by atoms with Crippen molar-refractivity contribution in [3.63, 3.8) is 0 Å². The minimum Gasteiger partial charge on any atom is -0.457 e. The molecule has 6 N–H and O–H groups in total. The van der Waals surface area contributed by atoms with Crippen molar-refractivity contribution < 1.29 is 67.8 Å². The number of carbonyl (C=O) groups excluding carboxylic acids is 7. The number of likely N-dealkylation sites (N-methyl/N-ethyl adjacent to an activating group) is 1. The van der Waals surface area contributed by atoms with Gasteiger partial charge in [0.05, 0.1) is 56.1 Å². The van der Waals surface area contributed by atoms with E-state index in [-0.39, 0.29) is 38.9 Å². The van der Waals surface area contributed by atoms with Crippen LogP contribution in [-0.4, -0.2) is 204 Å². The van der Waals surface area contributed by atoms with Gasteiger partial charge in [-0.25, -0.2) is 14.6 Å². The summed E-state index contributed by atoms with van der Waals surface area (Å²) in [6, 6.07) is 12.4. The molecule has 6 amide bonds. The van der Waals surface area contributed by atoms with Gasteiger partial charge in [-0.3, -0.25) is 34.7 Å². The first-order valence-electron chi connectivity index (χ1n) is 27.1. The Morgan fingerprint density at radius 2 is 1.69 bits per heavy atom. The molecule has 444 valence electrons. The van der Waals surface area contributed by atoms with Gasteiger partial charge in [-0.1, -0.05) is 66.6 Å². The number of alkyl carbamates (subject to hydrolysis) is 1. The number of hydrazine groups is 1. The number of allylic oxidation sites excluding steroid dienone is 3. The molecule has 4 bridgehead atoms. The Balaban J connectivity index is 1.11. The molecule has 2 saturated heterocycles. The van der Waals surface area contributed by atoms with Crippen molar-refractivity contribution in [2.45, 2.75) is 122 Å². The summed E-state index contributed by atoms with van der Waals surface area (Å²) in [5, 5.41) is 40.1. The molecule has 23 nitrogen and oxygen atoms in total. The molecule has 3 aromatic rings. The van der Waals surface area contributed by atoms with E-state index in [1.807, 2.05) is 73.9 Å². The molecular weight excluding hydrogens is 1070 g/mol. The number of para-hydroxylation sites is 1. The zero-order valence-corrected chi connectivity index (χ0v) is 48.8. The van der Waals surface area contributed by atoms with Gasteiger partial charge >= 0.3 is 12.1 Å². The van der Waals surface area contributed by atoms with E-state index in [0.717, 1.165) is 43.1 Å². The van der Waals surface area contributed by atoms with Crippen LogP contribution in [0.1, 0.15) is 70.2 Å². The number of benzene rings is 2. The van der Waals surface area contributed by atoms with Crippen molar-refractivity contribution >= 4 is 69.8 Å². The van der Waals surface area contributed by atoms with Crippen LogP contribution >= 0.6 is 11.6 Å². The van der Waals surface area contributed by atoms with Crippen molar-refractivity contribution in [1.29, 1.82) is 0 Å². The molecule has 4 heterocycles. The van der Waals surface area contributed by atoms with E-state index >= 15 is 0 Å². The Morgan fingerprint density at radius 3 is 2.38 bits per heavy atom. The lowest BCUT2D eigenvalue weighted by Crippen LogP contribution is -2.63. The molecule has 0 spiro atoms. The van der Waals surface area contributed by atoms with Crippen LogP contribution in [0.2, 0.25) is 5.02 Å². The lowest BCUT2D eigenvalue weighted by molar-refractivity contribution is -0.162. The van der Waals surface area contributed by atoms with Crippen molar-refractivity contribution in [3.05, 3.63) is 88.1 Å². The summed E-state index contributed by atoms with van der Waals surface area (Å²) in [4.78, 5) is 101. The highest BCUT2D eigenvalue weighted by Crippen LogP contribution is 2.49. The molecule has 81 heavy (non-hydrogen) atoms. The van der Waals surface area contributed by atoms with Crippen LogP contribution in [0.4, 0.5) is 10.5 Å². The zero-order valence-electron chi connectivity index (χ0n) is 48.0. The fourth-order valence-electron chi connectivity index (χ4n) is 10.4. The summed E-state index contributed by atoms with van der Waals surface area (Å²) in [6.45, 7) is 6.87. The number of esters is 1. The number of halogens is 1. The number of methoxy groups -OCH3 is 1. The van der Waals surface area contributed by atoms with Gasteiger partial charge in [0.2, 0.25) is 29.5 Å². The van der Waals surface area contributed by atoms with Crippen LogP contribution in [0.3, 0.4) is 0 Å². The standard InChI is InChI=1S/C57H80ClN9O14/c1-35-14-13-17-45(78-10)57(77)31-44(79-55(76)61-57)37(3)53-56(5,81-53)46(30-49(72)64(9)43-28-39(26-35)27-36(2)52(43)58)80-54(75)38(4)63(8)48(71)19-20-65(22-24-68)51(74)34-66(23-25-69)50(73)32-60-47(70)18-21-67-41(33-62(7)59-6)29-40-15-11-12-16-42(40)67/h11-17,27-29,37-38,44-46,53,59,68-69,77H,18-26,30-34H2,1-10H3,(H,60,70)(H,61,76)/b17-13+,35-14+/t37-,38+,44+,45-,46+,53?,56?,57+/m1/s1. The van der Waals surface area contributed by atoms with Gasteiger partial charge in [0.1, 0.15) is 30.0 Å². The summed E-state index contributed by atoms with van der Waals surface area (Å²) in [6.07, 6.45) is 0.0443. The van der Waals surface area contributed by atoms with Crippen molar-refractivity contribution in [2.75, 3.05) is 86.1 Å². The topological polar surface area (TPSA) is 278 Å². The van der Waals surface area contributed by atoms with E-state index in [0.29, 0.717) is 30.2 Å². The maximum atomic E-state index is 14.4. The molecule has 2 unspecified atom stereocenters. The summed E-state index contributed by atoms with van der Waals surface area (Å²) in [5.74, 6) is -4.28. The number of fused-ring (bicyclic) bond motifs is 6. The molecule has 8 atom stereocenters. The number of aromatic nitrogens is 1. The second-order valence-electron chi connectivity index (χ2n) is 21.4.